The second kappa shape index (κ2) is 5.86. The summed E-state index contributed by atoms with van der Waals surface area (Å²) in [6.07, 6.45) is 3.57. The van der Waals surface area contributed by atoms with Crippen LogP contribution in [0.1, 0.15) is 6.92 Å². The predicted octanol–water partition coefficient (Wildman–Crippen LogP) is 1.32. The van der Waals surface area contributed by atoms with Crippen molar-refractivity contribution in [1.29, 1.82) is 0 Å². The van der Waals surface area contributed by atoms with Gasteiger partial charge in [-0.25, -0.2) is 9.79 Å². The van der Waals surface area contributed by atoms with Crippen molar-refractivity contribution in [1.82, 2.24) is 0 Å². The third kappa shape index (κ3) is 5.60. The van der Waals surface area contributed by atoms with Gasteiger partial charge in [-0.1, -0.05) is 6.92 Å². The Morgan fingerprint density at radius 2 is 2.44 bits per heavy atom. The van der Waals surface area contributed by atoms with Crippen LogP contribution in [0.15, 0.2) is 4.99 Å². The third-order valence-corrected chi connectivity index (χ3v) is 1.82. The van der Waals surface area contributed by atoms with Crippen molar-refractivity contribution >= 4 is 17.8 Å². The van der Waals surface area contributed by atoms with Crippen LogP contribution < -0.4 is 0 Å². The van der Waals surface area contributed by atoms with E-state index >= 15 is 0 Å². The molecule has 0 spiro atoms. The van der Waals surface area contributed by atoms with Crippen molar-refractivity contribution in [3.05, 3.63) is 0 Å². The molecule has 52 valence electrons. The second-order valence-electron chi connectivity index (χ2n) is 1.99. The van der Waals surface area contributed by atoms with Crippen LogP contribution in [0.4, 0.5) is 0 Å². The second-order valence-corrected chi connectivity index (χ2v) is 2.90. The van der Waals surface area contributed by atoms with Crippen molar-refractivity contribution in [2.24, 2.45) is 10.9 Å². The van der Waals surface area contributed by atoms with Gasteiger partial charge in [0.2, 0.25) is 6.08 Å². The predicted molar refractivity (Wildman–Crippen MR) is 40.5 cm³/mol. The van der Waals surface area contributed by atoms with Gasteiger partial charge in [0.15, 0.2) is 0 Å². The van der Waals surface area contributed by atoms with Gasteiger partial charge in [-0.2, -0.15) is 11.8 Å². The Kier molecular flexibility index (Phi) is 5.68. The first-order valence-corrected chi connectivity index (χ1v) is 4.23. The van der Waals surface area contributed by atoms with Crippen LogP contribution in [0.25, 0.3) is 0 Å². The number of rotatable bonds is 4. The molecule has 1 atom stereocenters. The van der Waals surface area contributed by atoms with E-state index in [1.807, 2.05) is 6.26 Å². The minimum absolute atomic E-state index is 0.501. The molecule has 0 aliphatic carbocycles. The van der Waals surface area contributed by atoms with E-state index in [2.05, 4.69) is 11.9 Å². The molecule has 0 aromatic heterocycles. The minimum atomic E-state index is 0.501. The maximum absolute atomic E-state index is 9.62. The van der Waals surface area contributed by atoms with Crippen molar-refractivity contribution in [3.8, 4) is 0 Å². The van der Waals surface area contributed by atoms with Crippen LogP contribution >= 0.6 is 11.8 Å². The van der Waals surface area contributed by atoms with E-state index in [1.165, 1.54) is 6.08 Å². The van der Waals surface area contributed by atoms with Gasteiger partial charge < -0.3 is 0 Å². The van der Waals surface area contributed by atoms with Crippen LogP contribution in [0.3, 0.4) is 0 Å². The molecule has 0 aromatic rings. The molecule has 0 rings (SSSR count). The molecule has 0 aromatic carbocycles. The molecule has 9 heavy (non-hydrogen) atoms. The van der Waals surface area contributed by atoms with E-state index < -0.39 is 0 Å². The normalized spacial score (nSPS) is 12.2. The van der Waals surface area contributed by atoms with Gasteiger partial charge >= 0.3 is 0 Å². The average Bonchev–Trinajstić information content (AvgIpc) is 1.85. The summed E-state index contributed by atoms with van der Waals surface area (Å²) in [7, 11) is 0. The van der Waals surface area contributed by atoms with Crippen molar-refractivity contribution in [2.45, 2.75) is 6.92 Å². The topological polar surface area (TPSA) is 29.4 Å². The third-order valence-electron chi connectivity index (χ3n) is 0.919. The van der Waals surface area contributed by atoms with Gasteiger partial charge in [0.25, 0.3) is 0 Å². The fourth-order valence-corrected chi connectivity index (χ4v) is 1.20. The summed E-state index contributed by atoms with van der Waals surface area (Å²) in [4.78, 5) is 13.1. The molecule has 0 fully saturated rings. The standard InChI is InChI=1S/C6H11NOS/c1-6(4-9-2)3-7-5-8/h6H,3-4H2,1-2H3. The largest absolute Gasteiger partial charge is 0.234 e. The molecule has 0 saturated heterocycles. The molecule has 3 heteroatoms. The van der Waals surface area contributed by atoms with E-state index in [-0.39, 0.29) is 0 Å². The zero-order valence-electron chi connectivity index (χ0n) is 5.76. The number of nitrogens with zero attached hydrogens (tertiary/aromatic N) is 1. The van der Waals surface area contributed by atoms with E-state index in [0.29, 0.717) is 12.5 Å². The molecule has 0 bridgehead atoms. The smallest absolute Gasteiger partial charge is 0.211 e. The molecule has 1 unspecified atom stereocenters. The highest BCUT2D eigenvalue weighted by atomic mass is 32.2. The molecule has 0 aliphatic rings. The van der Waals surface area contributed by atoms with E-state index in [0.717, 1.165) is 5.75 Å². The zero-order chi connectivity index (χ0) is 7.11. The number of aliphatic imine (C=N–C) groups is 1. The fraction of sp³-hybridized carbons (Fsp3) is 0.833. The minimum Gasteiger partial charge on any atom is -0.211 e. The first-order valence-electron chi connectivity index (χ1n) is 2.83. The summed E-state index contributed by atoms with van der Waals surface area (Å²) in [5.41, 5.74) is 0. The van der Waals surface area contributed by atoms with E-state index in [9.17, 15) is 4.79 Å². The van der Waals surface area contributed by atoms with Gasteiger partial charge in [0, 0.05) is 0 Å². The first kappa shape index (κ1) is 8.73. The number of hydrogen-bond donors (Lipinski definition) is 0. The fourth-order valence-electron chi connectivity index (χ4n) is 0.530. The molecule has 0 saturated carbocycles. The molecule has 0 radical (unpaired) electrons. The quantitative estimate of drug-likeness (QED) is 0.441. The van der Waals surface area contributed by atoms with Crippen molar-refractivity contribution in [2.75, 3.05) is 18.6 Å². The summed E-state index contributed by atoms with van der Waals surface area (Å²) in [6, 6.07) is 0. The molecule has 0 amide bonds. The summed E-state index contributed by atoms with van der Waals surface area (Å²) >= 11 is 1.77. The van der Waals surface area contributed by atoms with E-state index in [4.69, 9.17) is 0 Å². The average molecular weight is 145 g/mol. The van der Waals surface area contributed by atoms with Crippen LogP contribution in [-0.4, -0.2) is 24.6 Å². The SMILES string of the molecule is CSCC(C)CN=C=O. The Balaban J connectivity index is 3.25. The van der Waals surface area contributed by atoms with Crippen LogP contribution in [0.2, 0.25) is 0 Å². The van der Waals surface area contributed by atoms with Crippen LogP contribution in [0, 0.1) is 5.92 Å². The number of hydrogen-bond acceptors (Lipinski definition) is 3. The Morgan fingerprint density at radius 3 is 2.89 bits per heavy atom. The Bertz CT molecular complexity index is 110. The van der Waals surface area contributed by atoms with Gasteiger partial charge in [-0.15, -0.1) is 0 Å². The number of thioether (sulfide) groups is 1. The lowest BCUT2D eigenvalue weighted by molar-refractivity contribution is 0.558. The lowest BCUT2D eigenvalue weighted by Gasteiger charge is -2.01. The lowest BCUT2D eigenvalue weighted by atomic mass is 10.2. The molecular formula is C6H11NOS. The van der Waals surface area contributed by atoms with Crippen LogP contribution in [0.5, 0.6) is 0 Å². The molecule has 2 nitrogen and oxygen atoms in total. The maximum Gasteiger partial charge on any atom is 0.234 e. The first-order chi connectivity index (χ1) is 4.31. The number of isocyanates is 1. The van der Waals surface area contributed by atoms with Gasteiger partial charge in [0.05, 0.1) is 6.54 Å². The summed E-state index contributed by atoms with van der Waals surface area (Å²) in [5.74, 6) is 1.56. The summed E-state index contributed by atoms with van der Waals surface area (Å²) < 4.78 is 0. The van der Waals surface area contributed by atoms with E-state index in [1.54, 1.807) is 11.8 Å². The summed E-state index contributed by atoms with van der Waals surface area (Å²) in [6.45, 7) is 2.68. The van der Waals surface area contributed by atoms with Crippen molar-refractivity contribution in [3.63, 3.8) is 0 Å². The Hall–Kier alpha value is -0.270. The monoisotopic (exact) mass is 145 g/mol. The highest BCUT2D eigenvalue weighted by Crippen LogP contribution is 2.03. The maximum atomic E-state index is 9.62. The van der Waals surface area contributed by atoms with Crippen molar-refractivity contribution < 1.29 is 4.79 Å². The molecule has 0 heterocycles. The van der Waals surface area contributed by atoms with Gasteiger partial charge in [0.1, 0.15) is 0 Å². The lowest BCUT2D eigenvalue weighted by Crippen LogP contribution is -2.01. The molecular weight excluding hydrogens is 134 g/mol. The zero-order valence-corrected chi connectivity index (χ0v) is 6.57. The Morgan fingerprint density at radius 1 is 1.78 bits per heavy atom. The number of carbonyl (C=O) groups excluding carboxylic acids is 1. The van der Waals surface area contributed by atoms with Gasteiger partial charge in [-0.05, 0) is 17.9 Å². The Labute approximate surface area is 59.7 Å². The summed E-state index contributed by atoms with van der Waals surface area (Å²) in [5, 5.41) is 0. The highest BCUT2D eigenvalue weighted by molar-refractivity contribution is 7.98. The van der Waals surface area contributed by atoms with Crippen LogP contribution in [-0.2, 0) is 4.79 Å². The van der Waals surface area contributed by atoms with Gasteiger partial charge in [-0.3, -0.25) is 0 Å². The highest BCUT2D eigenvalue weighted by Gasteiger charge is 1.96. The molecule has 0 aliphatic heterocycles. The molecule has 0 N–H and O–H groups in total.